The van der Waals surface area contributed by atoms with Crippen LogP contribution in [0.15, 0.2) is 133 Å². The second kappa shape index (κ2) is 16.0. The van der Waals surface area contributed by atoms with Crippen molar-refractivity contribution in [2.24, 2.45) is 0 Å². The summed E-state index contributed by atoms with van der Waals surface area (Å²) in [5, 5.41) is 20.3. The van der Waals surface area contributed by atoms with E-state index in [1.807, 2.05) is 109 Å². The Kier molecular flexibility index (Phi) is 11.1. The summed E-state index contributed by atoms with van der Waals surface area (Å²) in [6.45, 7) is 0. The van der Waals surface area contributed by atoms with Gasteiger partial charge in [0.2, 0.25) is 17.7 Å². The van der Waals surface area contributed by atoms with Gasteiger partial charge in [0.05, 0.1) is 6.42 Å². The van der Waals surface area contributed by atoms with Crippen LogP contribution in [-0.2, 0) is 44.9 Å². The highest BCUT2D eigenvalue weighted by molar-refractivity contribution is 5.94. The van der Waals surface area contributed by atoms with Crippen molar-refractivity contribution in [2.45, 2.75) is 43.8 Å². The predicted molar refractivity (Wildman–Crippen MR) is 182 cm³/mol. The fourth-order valence-electron chi connectivity index (χ4n) is 5.49. The molecule has 0 fully saturated rings. The zero-order valence-corrected chi connectivity index (χ0v) is 25.8. The average Bonchev–Trinajstić information content (AvgIpc) is 3.08. The minimum absolute atomic E-state index is 0.0666. The summed E-state index contributed by atoms with van der Waals surface area (Å²) in [5.74, 6) is -2.71. The van der Waals surface area contributed by atoms with Gasteiger partial charge in [-0.3, -0.25) is 14.4 Å². The Labute approximate surface area is 273 Å². The van der Waals surface area contributed by atoms with Gasteiger partial charge in [-0.1, -0.05) is 133 Å². The molecule has 0 spiro atoms. The number of hydrogen-bond acceptors (Lipinski definition) is 4. The lowest BCUT2D eigenvalue weighted by molar-refractivity contribution is -0.142. The molecule has 0 aromatic heterocycles. The lowest BCUT2D eigenvalue weighted by Crippen LogP contribution is -2.57. The number of aliphatic carboxylic acids is 1. The van der Waals surface area contributed by atoms with Crippen molar-refractivity contribution in [2.75, 3.05) is 0 Å². The normalized spacial score (nSPS) is 12.8. The van der Waals surface area contributed by atoms with Crippen LogP contribution in [0.1, 0.15) is 22.3 Å². The SMILES string of the molecule is O=C(Cc1ccc2ccccc2c1)N[C@H](Cc1ccccc1)C(=O)N[C@H](Cc1ccccc1)C(=O)N[C@H](Cc1ccccc1)C(=O)O. The highest BCUT2D eigenvalue weighted by Gasteiger charge is 2.30. The molecule has 3 amide bonds. The molecule has 0 aliphatic rings. The first-order valence-corrected chi connectivity index (χ1v) is 15.6. The number of carboxylic acid groups (broad SMARTS) is 1. The molecule has 0 saturated carbocycles. The van der Waals surface area contributed by atoms with Gasteiger partial charge in [-0.25, -0.2) is 4.79 Å². The Morgan fingerprint density at radius 2 is 0.894 bits per heavy atom. The van der Waals surface area contributed by atoms with Crippen molar-refractivity contribution in [3.8, 4) is 0 Å². The van der Waals surface area contributed by atoms with Crippen molar-refractivity contribution in [3.05, 3.63) is 156 Å². The first-order chi connectivity index (χ1) is 22.8. The molecule has 8 heteroatoms. The lowest BCUT2D eigenvalue weighted by Gasteiger charge is -2.25. The number of nitrogens with one attached hydrogen (secondary N) is 3. The maximum atomic E-state index is 13.9. The molecule has 0 bridgehead atoms. The van der Waals surface area contributed by atoms with Gasteiger partial charge in [-0.2, -0.15) is 0 Å². The van der Waals surface area contributed by atoms with E-state index in [-0.39, 0.29) is 31.6 Å². The molecular formula is C39H37N3O5. The van der Waals surface area contributed by atoms with Gasteiger partial charge in [0.25, 0.3) is 0 Å². The van der Waals surface area contributed by atoms with Gasteiger partial charge in [0, 0.05) is 19.3 Å². The van der Waals surface area contributed by atoms with Crippen LogP contribution in [0.25, 0.3) is 10.8 Å². The molecular weight excluding hydrogens is 590 g/mol. The third-order valence-corrected chi connectivity index (χ3v) is 7.93. The minimum Gasteiger partial charge on any atom is -0.480 e. The van der Waals surface area contributed by atoms with E-state index in [0.717, 1.165) is 33.0 Å². The third-order valence-electron chi connectivity index (χ3n) is 7.93. The van der Waals surface area contributed by atoms with Crippen LogP contribution >= 0.6 is 0 Å². The Morgan fingerprint density at radius 1 is 0.468 bits per heavy atom. The Hall–Kier alpha value is -5.76. The predicted octanol–water partition coefficient (Wildman–Crippen LogP) is 4.65. The molecule has 4 N–H and O–H groups in total. The molecule has 3 atom stereocenters. The molecule has 5 aromatic carbocycles. The molecule has 0 unspecified atom stereocenters. The summed E-state index contributed by atoms with van der Waals surface area (Å²) in [4.78, 5) is 53.0. The summed E-state index contributed by atoms with van der Waals surface area (Å²) in [6.07, 6.45) is 0.466. The number of carbonyl (C=O) groups is 4. The van der Waals surface area contributed by atoms with Crippen molar-refractivity contribution in [1.29, 1.82) is 0 Å². The van der Waals surface area contributed by atoms with Gasteiger partial charge >= 0.3 is 5.97 Å². The highest BCUT2D eigenvalue weighted by atomic mass is 16.4. The smallest absolute Gasteiger partial charge is 0.326 e. The fraction of sp³-hybridized carbons (Fsp3) is 0.179. The van der Waals surface area contributed by atoms with Crippen molar-refractivity contribution in [3.63, 3.8) is 0 Å². The molecule has 0 aliphatic carbocycles. The number of carbonyl (C=O) groups excluding carboxylic acids is 3. The fourth-order valence-corrected chi connectivity index (χ4v) is 5.49. The highest BCUT2D eigenvalue weighted by Crippen LogP contribution is 2.16. The first-order valence-electron chi connectivity index (χ1n) is 15.6. The van der Waals surface area contributed by atoms with E-state index in [4.69, 9.17) is 0 Å². The first kappa shape index (κ1) is 32.6. The monoisotopic (exact) mass is 627 g/mol. The van der Waals surface area contributed by atoms with Crippen LogP contribution in [0, 0.1) is 0 Å². The molecule has 5 aromatic rings. The number of carboxylic acids is 1. The van der Waals surface area contributed by atoms with E-state index in [1.165, 1.54) is 0 Å². The van der Waals surface area contributed by atoms with E-state index in [2.05, 4.69) is 16.0 Å². The molecule has 0 saturated heterocycles. The second-order valence-electron chi connectivity index (χ2n) is 11.5. The Balaban J connectivity index is 1.34. The number of amides is 3. The van der Waals surface area contributed by atoms with Crippen LogP contribution in [0.4, 0.5) is 0 Å². The maximum absolute atomic E-state index is 13.9. The summed E-state index contributed by atoms with van der Waals surface area (Å²) < 4.78 is 0. The summed E-state index contributed by atoms with van der Waals surface area (Å²) >= 11 is 0. The van der Waals surface area contributed by atoms with E-state index >= 15 is 0 Å². The van der Waals surface area contributed by atoms with Gasteiger partial charge in [-0.15, -0.1) is 0 Å². The average molecular weight is 628 g/mol. The molecule has 47 heavy (non-hydrogen) atoms. The third kappa shape index (κ3) is 9.61. The number of rotatable bonds is 14. The number of hydrogen-bond donors (Lipinski definition) is 4. The summed E-state index contributed by atoms with van der Waals surface area (Å²) in [6, 6.07) is 37.9. The van der Waals surface area contributed by atoms with Crippen LogP contribution in [-0.4, -0.2) is 46.9 Å². The van der Waals surface area contributed by atoms with Gasteiger partial charge in [0.15, 0.2) is 0 Å². The Bertz CT molecular complexity index is 1810. The molecule has 8 nitrogen and oxygen atoms in total. The number of benzene rings is 5. The van der Waals surface area contributed by atoms with Crippen molar-refractivity contribution < 1.29 is 24.3 Å². The lowest BCUT2D eigenvalue weighted by atomic mass is 10.0. The molecule has 0 aliphatic heterocycles. The van der Waals surface area contributed by atoms with Crippen LogP contribution < -0.4 is 16.0 Å². The molecule has 5 rings (SSSR count). The summed E-state index contributed by atoms with van der Waals surface area (Å²) in [7, 11) is 0. The summed E-state index contributed by atoms with van der Waals surface area (Å²) in [5.41, 5.74) is 3.17. The van der Waals surface area contributed by atoms with Crippen LogP contribution in [0.3, 0.4) is 0 Å². The van der Waals surface area contributed by atoms with E-state index in [1.54, 1.807) is 24.3 Å². The standard InChI is InChI=1S/C39H37N3O5/c43-36(26-30-20-21-31-18-10-11-19-32(31)22-30)40-33(23-27-12-4-1-5-13-27)37(44)41-34(24-28-14-6-2-7-15-28)38(45)42-35(39(46)47)25-29-16-8-3-9-17-29/h1-22,33-35H,23-26H2,(H,40,43)(H,41,44)(H,42,45)(H,46,47)/t33-,34-,35-/m1/s1. The molecule has 238 valence electrons. The number of fused-ring (bicyclic) bond motifs is 1. The van der Waals surface area contributed by atoms with Gasteiger partial charge in [0.1, 0.15) is 18.1 Å². The van der Waals surface area contributed by atoms with Gasteiger partial charge < -0.3 is 21.1 Å². The Morgan fingerprint density at radius 3 is 1.40 bits per heavy atom. The zero-order valence-electron chi connectivity index (χ0n) is 25.8. The quantitative estimate of drug-likeness (QED) is 0.143. The van der Waals surface area contributed by atoms with E-state index in [0.29, 0.717) is 0 Å². The largest absolute Gasteiger partial charge is 0.480 e. The van der Waals surface area contributed by atoms with Crippen molar-refractivity contribution in [1.82, 2.24) is 16.0 Å². The topological polar surface area (TPSA) is 125 Å². The second-order valence-corrected chi connectivity index (χ2v) is 11.5. The van der Waals surface area contributed by atoms with E-state index in [9.17, 15) is 24.3 Å². The minimum atomic E-state index is -1.21. The van der Waals surface area contributed by atoms with E-state index < -0.39 is 35.9 Å². The van der Waals surface area contributed by atoms with Crippen LogP contribution in [0.5, 0.6) is 0 Å². The zero-order chi connectivity index (χ0) is 33.0. The maximum Gasteiger partial charge on any atom is 0.326 e. The van der Waals surface area contributed by atoms with Crippen LogP contribution in [0.2, 0.25) is 0 Å². The molecule has 0 heterocycles. The molecule has 0 radical (unpaired) electrons. The van der Waals surface area contributed by atoms with Gasteiger partial charge in [-0.05, 0) is 33.0 Å². The van der Waals surface area contributed by atoms with Crippen molar-refractivity contribution >= 4 is 34.5 Å².